The number of nitriles is 1. The molecule has 0 atom stereocenters. The first-order chi connectivity index (χ1) is 9.21. The molecule has 4 nitrogen and oxygen atoms in total. The average Bonchev–Trinajstić information content (AvgIpc) is 2.45. The van der Waals surface area contributed by atoms with Crippen LogP contribution in [0.25, 0.3) is 0 Å². The Morgan fingerprint density at radius 3 is 2.68 bits per heavy atom. The van der Waals surface area contributed by atoms with Gasteiger partial charge in [-0.2, -0.15) is 10.4 Å². The molecule has 0 amide bonds. The van der Waals surface area contributed by atoms with E-state index in [1.165, 1.54) is 5.57 Å². The molecule has 0 radical (unpaired) electrons. The van der Waals surface area contributed by atoms with Gasteiger partial charge in [0.2, 0.25) is 0 Å². The van der Waals surface area contributed by atoms with Gasteiger partial charge in [0.25, 0.3) is 0 Å². The Labute approximate surface area is 114 Å². The highest BCUT2D eigenvalue weighted by atomic mass is 15.3. The van der Waals surface area contributed by atoms with Crippen molar-refractivity contribution in [2.75, 3.05) is 18.0 Å². The molecule has 0 saturated carbocycles. The topological polar surface area (TPSA) is 52.8 Å². The molecule has 0 fully saturated rings. The molecule has 0 spiro atoms. The summed E-state index contributed by atoms with van der Waals surface area (Å²) < 4.78 is 0. The highest BCUT2D eigenvalue weighted by Crippen LogP contribution is 2.25. The van der Waals surface area contributed by atoms with Gasteiger partial charge >= 0.3 is 0 Å². The maximum absolute atomic E-state index is 9.49. The third-order valence-electron chi connectivity index (χ3n) is 3.57. The lowest BCUT2D eigenvalue weighted by Crippen LogP contribution is -2.31. The van der Waals surface area contributed by atoms with E-state index >= 15 is 0 Å². The molecule has 0 unspecified atom stereocenters. The van der Waals surface area contributed by atoms with E-state index in [1.54, 1.807) is 0 Å². The molecule has 0 bridgehead atoms. The summed E-state index contributed by atoms with van der Waals surface area (Å²) in [5.41, 5.74) is 4.05. The van der Waals surface area contributed by atoms with Gasteiger partial charge in [0, 0.05) is 13.1 Å². The Hall–Kier alpha value is -1.89. The number of aryl methyl sites for hydroxylation is 1. The molecule has 1 aromatic rings. The molecule has 0 N–H and O–H groups in total. The molecule has 100 valence electrons. The minimum Gasteiger partial charge on any atom is -0.350 e. The number of hydrogen-bond acceptors (Lipinski definition) is 4. The lowest BCUT2D eigenvalue weighted by atomic mass is 10.0. The van der Waals surface area contributed by atoms with Crippen LogP contribution in [-0.4, -0.2) is 23.3 Å². The summed E-state index contributed by atoms with van der Waals surface area (Å²) in [4.78, 5) is 2.17. The molecule has 0 aromatic carbocycles. The van der Waals surface area contributed by atoms with Crippen LogP contribution < -0.4 is 4.90 Å². The summed E-state index contributed by atoms with van der Waals surface area (Å²) in [6.45, 7) is 8.00. The number of rotatable bonds is 3. The zero-order valence-corrected chi connectivity index (χ0v) is 11.9. The molecule has 4 heteroatoms. The maximum atomic E-state index is 9.49. The van der Waals surface area contributed by atoms with Gasteiger partial charge in [0.05, 0.1) is 5.69 Å². The van der Waals surface area contributed by atoms with Crippen molar-refractivity contribution in [3.05, 3.63) is 28.5 Å². The maximum Gasteiger partial charge on any atom is 0.169 e. The van der Waals surface area contributed by atoms with Crippen molar-refractivity contribution in [3.8, 4) is 6.07 Å². The van der Waals surface area contributed by atoms with E-state index in [9.17, 15) is 5.26 Å². The molecule has 0 aliphatic carbocycles. The summed E-state index contributed by atoms with van der Waals surface area (Å²) in [7, 11) is 0. The van der Waals surface area contributed by atoms with Crippen molar-refractivity contribution in [3.63, 3.8) is 0 Å². The van der Waals surface area contributed by atoms with Crippen molar-refractivity contribution in [1.82, 2.24) is 10.2 Å². The molecule has 19 heavy (non-hydrogen) atoms. The summed E-state index contributed by atoms with van der Waals surface area (Å²) in [6.07, 6.45) is 4.91. The Kier molecular flexibility index (Phi) is 4.16. The van der Waals surface area contributed by atoms with Crippen LogP contribution >= 0.6 is 0 Å². The van der Waals surface area contributed by atoms with Crippen LogP contribution in [0.2, 0.25) is 0 Å². The highest BCUT2D eigenvalue weighted by Gasteiger charge is 2.20. The zero-order chi connectivity index (χ0) is 13.8. The third kappa shape index (κ3) is 2.60. The minimum absolute atomic E-state index is 0.712. The lowest BCUT2D eigenvalue weighted by molar-refractivity contribution is 0.752. The fraction of sp³-hybridized carbons (Fsp3) is 0.533. The van der Waals surface area contributed by atoms with E-state index < -0.39 is 0 Å². The van der Waals surface area contributed by atoms with Gasteiger partial charge in [-0.15, -0.1) is 5.10 Å². The Morgan fingerprint density at radius 2 is 2.11 bits per heavy atom. The van der Waals surface area contributed by atoms with Crippen molar-refractivity contribution >= 4 is 5.82 Å². The average molecular weight is 256 g/mol. The van der Waals surface area contributed by atoms with Gasteiger partial charge in [-0.1, -0.05) is 25.5 Å². The molecule has 2 rings (SSSR count). The SMILES string of the molecule is CCc1nnc(N2CCC=C(C)C2)c(C#N)c1CC. The van der Waals surface area contributed by atoms with E-state index in [-0.39, 0.29) is 0 Å². The molecule has 0 saturated heterocycles. The van der Waals surface area contributed by atoms with Crippen molar-refractivity contribution < 1.29 is 0 Å². The Balaban J connectivity index is 2.47. The Morgan fingerprint density at radius 1 is 1.32 bits per heavy atom. The van der Waals surface area contributed by atoms with Crippen molar-refractivity contribution in [2.45, 2.75) is 40.0 Å². The quantitative estimate of drug-likeness (QED) is 0.780. The summed E-state index contributed by atoms with van der Waals surface area (Å²) in [5.74, 6) is 0.754. The normalized spacial score (nSPS) is 15.1. The largest absolute Gasteiger partial charge is 0.350 e. The second-order valence-corrected chi connectivity index (χ2v) is 4.90. The van der Waals surface area contributed by atoms with Crippen LogP contribution in [0.4, 0.5) is 5.82 Å². The third-order valence-corrected chi connectivity index (χ3v) is 3.57. The highest BCUT2D eigenvalue weighted by molar-refractivity contribution is 5.59. The van der Waals surface area contributed by atoms with Crippen molar-refractivity contribution in [1.29, 1.82) is 5.26 Å². The van der Waals surface area contributed by atoms with Gasteiger partial charge in [-0.3, -0.25) is 0 Å². The van der Waals surface area contributed by atoms with Crippen molar-refractivity contribution in [2.24, 2.45) is 0 Å². The predicted octanol–water partition coefficient (Wildman–Crippen LogP) is 2.63. The minimum atomic E-state index is 0.712. The number of anilines is 1. The smallest absolute Gasteiger partial charge is 0.169 e. The fourth-order valence-corrected chi connectivity index (χ4v) is 2.59. The standard InChI is InChI=1S/C15H20N4/c1-4-12-13(9-16)15(18-17-14(12)5-2)19-8-6-7-11(3)10-19/h7H,4-6,8,10H2,1-3H3. The monoisotopic (exact) mass is 256 g/mol. The molecular weight excluding hydrogens is 236 g/mol. The van der Waals surface area contributed by atoms with E-state index in [4.69, 9.17) is 0 Å². The summed E-state index contributed by atoms with van der Waals surface area (Å²) >= 11 is 0. The summed E-state index contributed by atoms with van der Waals surface area (Å²) in [6, 6.07) is 2.34. The van der Waals surface area contributed by atoms with Crippen LogP contribution in [0.15, 0.2) is 11.6 Å². The van der Waals surface area contributed by atoms with E-state index in [0.29, 0.717) is 5.56 Å². The zero-order valence-electron chi connectivity index (χ0n) is 11.9. The first kappa shape index (κ1) is 13.5. The van der Waals surface area contributed by atoms with Gasteiger partial charge in [-0.05, 0) is 31.7 Å². The van der Waals surface area contributed by atoms with Crippen LogP contribution in [0, 0.1) is 11.3 Å². The molecule has 2 heterocycles. The first-order valence-corrected chi connectivity index (χ1v) is 6.90. The Bertz CT molecular complexity index is 540. The van der Waals surface area contributed by atoms with Crippen LogP contribution in [-0.2, 0) is 12.8 Å². The second-order valence-electron chi connectivity index (χ2n) is 4.90. The summed E-state index contributed by atoms with van der Waals surface area (Å²) in [5, 5.41) is 18.1. The first-order valence-electron chi connectivity index (χ1n) is 6.90. The van der Waals surface area contributed by atoms with Gasteiger partial charge in [0.15, 0.2) is 5.82 Å². The lowest BCUT2D eigenvalue weighted by Gasteiger charge is -2.28. The predicted molar refractivity (Wildman–Crippen MR) is 76.1 cm³/mol. The van der Waals surface area contributed by atoms with Crippen LogP contribution in [0.5, 0.6) is 0 Å². The number of aromatic nitrogens is 2. The molecular formula is C15H20N4. The fourth-order valence-electron chi connectivity index (χ4n) is 2.59. The van der Waals surface area contributed by atoms with E-state index in [1.807, 2.05) is 0 Å². The van der Waals surface area contributed by atoms with Gasteiger partial charge < -0.3 is 4.90 Å². The molecule has 1 aromatic heterocycles. The van der Waals surface area contributed by atoms with Crippen LogP contribution in [0.1, 0.15) is 44.0 Å². The number of hydrogen-bond donors (Lipinski definition) is 0. The molecule has 1 aliphatic heterocycles. The number of nitrogens with zero attached hydrogens (tertiary/aromatic N) is 4. The second kappa shape index (κ2) is 5.83. The van der Waals surface area contributed by atoms with Crippen LogP contribution in [0.3, 0.4) is 0 Å². The van der Waals surface area contributed by atoms with E-state index in [2.05, 4.69) is 48.0 Å². The molecule has 1 aliphatic rings. The van der Waals surface area contributed by atoms with Gasteiger partial charge in [-0.25, -0.2) is 0 Å². The van der Waals surface area contributed by atoms with E-state index in [0.717, 1.165) is 49.4 Å². The van der Waals surface area contributed by atoms with Gasteiger partial charge in [0.1, 0.15) is 11.6 Å².